The number of nitrogens with zero attached hydrogens (tertiary/aromatic N) is 1. The molecule has 1 aliphatic carbocycles. The maximum Gasteiger partial charge on any atom is 0.262 e. The minimum atomic E-state index is -1.64. The Morgan fingerprint density at radius 2 is 1.84 bits per heavy atom. The minimum Gasteiger partial charge on any atom is -0.457 e. The van der Waals surface area contributed by atoms with Crippen LogP contribution in [0.25, 0.3) is 10.1 Å². The van der Waals surface area contributed by atoms with E-state index in [-0.39, 0.29) is 18.0 Å². The van der Waals surface area contributed by atoms with Crippen LogP contribution in [-0.2, 0) is 15.1 Å². The van der Waals surface area contributed by atoms with Gasteiger partial charge in [-0.3, -0.25) is 14.4 Å². The number of nitrogen functional groups attached to an aromatic ring is 1. The normalized spacial score (nSPS) is 22.9. The molecule has 11 heteroatoms. The summed E-state index contributed by atoms with van der Waals surface area (Å²) in [4.78, 5) is 41.1. The number of alkyl halides is 1. The molecular weight excluding hydrogens is 569 g/mol. The van der Waals surface area contributed by atoms with Gasteiger partial charge in [0.25, 0.3) is 5.91 Å². The van der Waals surface area contributed by atoms with Crippen molar-refractivity contribution in [2.45, 2.75) is 30.7 Å². The van der Waals surface area contributed by atoms with E-state index in [0.717, 1.165) is 17.4 Å². The second kappa shape index (κ2) is 10.6. The van der Waals surface area contributed by atoms with Gasteiger partial charge in [-0.1, -0.05) is 36.9 Å². The maximum absolute atomic E-state index is 14.8. The first-order valence-corrected chi connectivity index (χ1v) is 14.5. The summed E-state index contributed by atoms with van der Waals surface area (Å²) in [7, 11) is 0. The molecule has 2 aliphatic rings. The Hall–Kier alpha value is -4.58. The quantitative estimate of drug-likeness (QED) is 0.194. The topological polar surface area (TPSA) is 154 Å². The number of halogens is 1. The van der Waals surface area contributed by atoms with Crippen molar-refractivity contribution >= 4 is 44.7 Å². The molecule has 0 bridgehead atoms. The number of nitrogens with one attached hydrogen (secondary N) is 1. The van der Waals surface area contributed by atoms with Crippen LogP contribution in [0.15, 0.2) is 73.3 Å². The Bertz CT molecular complexity index is 1810. The van der Waals surface area contributed by atoms with E-state index in [9.17, 15) is 18.8 Å². The summed E-state index contributed by atoms with van der Waals surface area (Å²) < 4.78 is 21.3. The Kier molecular flexibility index (Phi) is 7.04. The number of likely N-dealkylation sites (tertiary alicyclic amines) is 1. The van der Waals surface area contributed by atoms with E-state index in [2.05, 4.69) is 11.9 Å². The first-order chi connectivity index (χ1) is 20.5. The highest BCUT2D eigenvalue weighted by molar-refractivity contribution is 7.21. The first kappa shape index (κ1) is 28.5. The largest absolute Gasteiger partial charge is 0.457 e. The van der Waals surface area contributed by atoms with Crippen LogP contribution in [0.4, 0.5) is 10.1 Å². The van der Waals surface area contributed by atoms with Gasteiger partial charge in [0.1, 0.15) is 23.2 Å². The lowest BCUT2D eigenvalue weighted by Gasteiger charge is -2.37. The predicted molar refractivity (Wildman–Crippen MR) is 164 cm³/mol. The monoisotopic (exact) mass is 599 g/mol. The number of para-hydroxylation sites is 1. The molecule has 1 saturated heterocycles. The lowest BCUT2D eigenvalue weighted by atomic mass is 9.69. The van der Waals surface area contributed by atoms with Crippen molar-refractivity contribution in [3.63, 3.8) is 0 Å². The van der Waals surface area contributed by atoms with Crippen molar-refractivity contribution in [2.24, 2.45) is 11.5 Å². The molecule has 2 amide bonds. The number of ether oxygens (including phenoxy) is 1. The highest BCUT2D eigenvalue weighted by atomic mass is 32.1. The van der Waals surface area contributed by atoms with Crippen molar-refractivity contribution in [1.29, 1.82) is 0 Å². The molecule has 0 radical (unpaired) electrons. The van der Waals surface area contributed by atoms with Crippen LogP contribution in [-0.4, -0.2) is 47.8 Å². The van der Waals surface area contributed by atoms with Gasteiger partial charge >= 0.3 is 0 Å². The van der Waals surface area contributed by atoms with Gasteiger partial charge in [0.05, 0.1) is 28.2 Å². The third kappa shape index (κ3) is 4.56. The Morgan fingerprint density at radius 3 is 2.53 bits per heavy atom. The maximum atomic E-state index is 14.8. The summed E-state index contributed by atoms with van der Waals surface area (Å²) >= 11 is 1.08. The number of benzene rings is 3. The van der Waals surface area contributed by atoms with Crippen LogP contribution in [0, 0.1) is 6.92 Å². The molecule has 1 aromatic heterocycles. The summed E-state index contributed by atoms with van der Waals surface area (Å²) in [5, 5.41) is 3.23. The van der Waals surface area contributed by atoms with E-state index >= 15 is 0 Å². The van der Waals surface area contributed by atoms with E-state index in [1.54, 1.807) is 24.3 Å². The van der Waals surface area contributed by atoms with Gasteiger partial charge in [0.15, 0.2) is 5.78 Å². The molecule has 4 atom stereocenters. The summed E-state index contributed by atoms with van der Waals surface area (Å²) in [5.41, 5.74) is 20.8. The molecule has 2 heterocycles. The van der Waals surface area contributed by atoms with Crippen LogP contribution in [0.1, 0.15) is 38.0 Å². The zero-order valence-electron chi connectivity index (χ0n) is 23.3. The molecule has 4 aromatic rings. The molecule has 0 saturated carbocycles. The minimum absolute atomic E-state index is 0.00840. The summed E-state index contributed by atoms with van der Waals surface area (Å²) in [6.45, 7) is 5.11. The van der Waals surface area contributed by atoms with Gasteiger partial charge in [-0.05, 0) is 60.0 Å². The van der Waals surface area contributed by atoms with Crippen molar-refractivity contribution in [3.05, 3.63) is 100 Å². The van der Waals surface area contributed by atoms with E-state index in [1.165, 1.54) is 4.90 Å². The van der Waals surface area contributed by atoms with Crippen LogP contribution in [0.3, 0.4) is 0 Å². The number of rotatable bonds is 6. The Labute approximate surface area is 251 Å². The number of ketones is 1. The highest BCUT2D eigenvalue weighted by Crippen LogP contribution is 2.50. The third-order valence-corrected chi connectivity index (χ3v) is 9.43. The van der Waals surface area contributed by atoms with Crippen LogP contribution in [0.2, 0.25) is 0 Å². The average Bonchev–Trinajstić information content (AvgIpc) is 3.57. The third-order valence-electron chi connectivity index (χ3n) is 8.17. The van der Waals surface area contributed by atoms with Crippen LogP contribution in [0.5, 0.6) is 11.5 Å². The van der Waals surface area contributed by atoms with Crippen molar-refractivity contribution < 1.29 is 23.5 Å². The smallest absolute Gasteiger partial charge is 0.262 e. The number of hydrogen-bond donors (Lipinski definition) is 4. The summed E-state index contributed by atoms with van der Waals surface area (Å²) in [6.07, 6.45) is -0.366. The SMILES string of the molecule is C=CC(=O)N1C[C@@H](F)[C@@H](NC(=O)c2sc3c(N)ccc4c3c2C(N)C(=O)C4(N)c2ccc(Oc3ccccc3)cc2C)C1. The molecule has 1 aliphatic heterocycles. The zero-order chi connectivity index (χ0) is 30.6. The molecule has 3 aromatic carbocycles. The zero-order valence-corrected chi connectivity index (χ0v) is 24.1. The first-order valence-electron chi connectivity index (χ1n) is 13.7. The predicted octanol–water partition coefficient (Wildman–Crippen LogP) is 3.83. The molecule has 7 N–H and O–H groups in total. The van der Waals surface area contributed by atoms with E-state index < -0.39 is 41.4 Å². The number of thiophene rings is 1. The number of carbonyl (C=O) groups excluding carboxylic acids is 3. The summed E-state index contributed by atoms with van der Waals surface area (Å²) in [5.74, 6) is -0.277. The van der Waals surface area contributed by atoms with Crippen molar-refractivity contribution in [2.75, 3.05) is 18.8 Å². The van der Waals surface area contributed by atoms with Gasteiger partial charge in [0.2, 0.25) is 5.91 Å². The molecule has 6 rings (SSSR count). The fraction of sp³-hybridized carbons (Fsp3) is 0.219. The van der Waals surface area contributed by atoms with E-state index in [1.807, 2.05) is 43.3 Å². The number of nitrogens with two attached hydrogens (primary N) is 3. The number of amides is 2. The molecule has 9 nitrogen and oxygen atoms in total. The van der Waals surface area contributed by atoms with Gasteiger partial charge in [0, 0.05) is 23.2 Å². The van der Waals surface area contributed by atoms with E-state index in [4.69, 9.17) is 21.9 Å². The van der Waals surface area contributed by atoms with Gasteiger partial charge in [-0.2, -0.15) is 0 Å². The lowest BCUT2D eigenvalue weighted by Crippen LogP contribution is -2.53. The summed E-state index contributed by atoms with van der Waals surface area (Å²) in [6, 6.07) is 15.8. The Balaban J connectivity index is 1.40. The number of anilines is 1. The molecule has 220 valence electrons. The van der Waals surface area contributed by atoms with Crippen LogP contribution < -0.4 is 27.3 Å². The fourth-order valence-electron chi connectivity index (χ4n) is 6.04. The second-order valence-electron chi connectivity index (χ2n) is 10.8. The molecular formula is C32H30FN5O4S. The second-order valence-corrected chi connectivity index (χ2v) is 11.9. The number of aryl methyl sites for hydroxylation is 1. The van der Waals surface area contributed by atoms with Crippen molar-refractivity contribution in [1.82, 2.24) is 10.2 Å². The molecule has 43 heavy (non-hydrogen) atoms. The van der Waals surface area contributed by atoms with Crippen LogP contribution >= 0.6 is 11.3 Å². The molecule has 0 spiro atoms. The molecule has 1 fully saturated rings. The average molecular weight is 600 g/mol. The van der Waals surface area contributed by atoms with E-state index in [0.29, 0.717) is 49.5 Å². The highest BCUT2D eigenvalue weighted by Gasteiger charge is 2.49. The van der Waals surface area contributed by atoms with Gasteiger partial charge in [-0.15, -0.1) is 11.3 Å². The Morgan fingerprint density at radius 1 is 1.12 bits per heavy atom. The van der Waals surface area contributed by atoms with Crippen molar-refractivity contribution in [3.8, 4) is 11.5 Å². The standard InChI is InChI=1S/C32H30FN5O4S/c1-3-24(39)38-14-21(33)23(15-38)37-31(41)29-26-25-20(11-12-22(34)28(25)43-29)32(36,30(40)27(26)35)19-10-9-18(13-16(19)2)42-17-7-5-4-6-8-17/h3-13,21,23,27H,1,14-15,34-36H2,2H3,(H,37,41)/t21-,23+,27?,32?/m1/s1. The van der Waals surface area contributed by atoms with Gasteiger partial charge in [-0.25, -0.2) is 4.39 Å². The van der Waals surface area contributed by atoms with Gasteiger partial charge < -0.3 is 32.2 Å². The number of Topliss-reactive ketones (excluding diaryl/α,β-unsaturated/α-hetero) is 1. The molecule has 2 unspecified atom stereocenters. The lowest BCUT2D eigenvalue weighted by molar-refractivity contribution is -0.125. The number of carbonyl (C=O) groups is 3. The fourth-order valence-corrected chi connectivity index (χ4v) is 7.24. The number of hydrogen-bond acceptors (Lipinski definition) is 8.